The van der Waals surface area contributed by atoms with Crippen LogP contribution in [0, 0.1) is 0 Å². The average molecular weight is 771 g/mol. The highest BCUT2D eigenvalue weighted by Crippen LogP contribution is 2.13. The van der Waals surface area contributed by atoms with Gasteiger partial charge in [-0.05, 0) is 77.0 Å². The molecule has 55 heavy (non-hydrogen) atoms. The molecule has 0 aliphatic rings. The zero-order valence-corrected chi connectivity index (χ0v) is 36.2. The predicted molar refractivity (Wildman–Crippen MR) is 233 cm³/mol. The molecule has 6 nitrogen and oxygen atoms in total. The molecule has 0 saturated carbocycles. The summed E-state index contributed by atoms with van der Waals surface area (Å²) >= 11 is 0. The van der Waals surface area contributed by atoms with Crippen LogP contribution in [0.25, 0.3) is 0 Å². The first-order chi connectivity index (χ1) is 27.0. The van der Waals surface area contributed by atoms with Crippen molar-refractivity contribution >= 4 is 17.9 Å². The lowest BCUT2D eigenvalue weighted by atomic mass is 10.1. The smallest absolute Gasteiger partial charge is 0.306 e. The fourth-order valence-electron chi connectivity index (χ4n) is 6.25. The van der Waals surface area contributed by atoms with E-state index in [2.05, 4.69) is 69.4 Å². The fourth-order valence-corrected chi connectivity index (χ4v) is 6.25. The van der Waals surface area contributed by atoms with Gasteiger partial charge in [-0.3, -0.25) is 14.4 Å². The van der Waals surface area contributed by atoms with Gasteiger partial charge in [0.15, 0.2) is 6.10 Å². The van der Waals surface area contributed by atoms with Gasteiger partial charge < -0.3 is 14.2 Å². The number of rotatable bonds is 41. The molecule has 0 aliphatic heterocycles. The number of hydrogen-bond acceptors (Lipinski definition) is 6. The molecule has 1 atom stereocenters. The van der Waals surface area contributed by atoms with Gasteiger partial charge in [0.25, 0.3) is 0 Å². The second-order valence-corrected chi connectivity index (χ2v) is 15.3. The summed E-state index contributed by atoms with van der Waals surface area (Å²) in [5, 5.41) is 0. The molecule has 0 aromatic rings. The Balaban J connectivity index is 4.28. The van der Waals surface area contributed by atoms with Crippen molar-refractivity contribution in [1.82, 2.24) is 0 Å². The first-order valence-electron chi connectivity index (χ1n) is 23.1. The number of carbonyl (C=O) groups excluding carboxylic acids is 3. The van der Waals surface area contributed by atoms with Crippen LogP contribution < -0.4 is 0 Å². The third-order valence-corrected chi connectivity index (χ3v) is 9.81. The Bertz CT molecular complexity index is 980. The molecule has 1 unspecified atom stereocenters. The van der Waals surface area contributed by atoms with Crippen molar-refractivity contribution < 1.29 is 28.6 Å². The first-order valence-corrected chi connectivity index (χ1v) is 23.1. The maximum absolute atomic E-state index is 12.7. The molecule has 0 radical (unpaired) electrons. The lowest BCUT2D eigenvalue weighted by Crippen LogP contribution is -2.30. The molecule has 0 heterocycles. The topological polar surface area (TPSA) is 78.9 Å². The summed E-state index contributed by atoms with van der Waals surface area (Å²) in [5.74, 6) is -0.911. The normalized spacial score (nSPS) is 12.4. The molecule has 0 saturated heterocycles. The molecular formula is C49H86O6. The second kappa shape index (κ2) is 44.1. The molecule has 0 aliphatic carbocycles. The van der Waals surface area contributed by atoms with E-state index in [1.165, 1.54) is 96.3 Å². The van der Waals surface area contributed by atoms with Crippen molar-refractivity contribution in [2.75, 3.05) is 13.2 Å². The minimum atomic E-state index is -0.777. The second-order valence-electron chi connectivity index (χ2n) is 15.3. The summed E-state index contributed by atoms with van der Waals surface area (Å²) < 4.78 is 16.6. The van der Waals surface area contributed by atoms with Gasteiger partial charge in [0.2, 0.25) is 0 Å². The largest absolute Gasteiger partial charge is 0.462 e. The number of carbonyl (C=O) groups is 3. The SMILES string of the molecule is CCCC/C=C\CCCCCCCC(=O)OC(COC(=O)CCCCCCCCC)COC(=O)CCCCCCCC/C=C\C/C=C\C/C=C\CCCCC. The predicted octanol–water partition coefficient (Wildman–Crippen LogP) is 14.8. The van der Waals surface area contributed by atoms with Crippen LogP contribution in [0.15, 0.2) is 48.6 Å². The summed E-state index contributed by atoms with van der Waals surface area (Å²) in [7, 11) is 0. The van der Waals surface area contributed by atoms with E-state index < -0.39 is 6.10 Å². The fraction of sp³-hybridized carbons (Fsp3) is 0.776. The molecule has 0 bridgehead atoms. The lowest BCUT2D eigenvalue weighted by molar-refractivity contribution is -0.167. The molecule has 0 spiro atoms. The zero-order valence-electron chi connectivity index (χ0n) is 36.2. The third kappa shape index (κ3) is 42.4. The van der Waals surface area contributed by atoms with Crippen LogP contribution in [0.5, 0.6) is 0 Å². The summed E-state index contributed by atoms with van der Waals surface area (Å²) in [5.41, 5.74) is 0. The highest BCUT2D eigenvalue weighted by molar-refractivity contribution is 5.71. The number of hydrogen-bond donors (Lipinski definition) is 0. The van der Waals surface area contributed by atoms with Crippen molar-refractivity contribution in [1.29, 1.82) is 0 Å². The minimum absolute atomic E-state index is 0.0805. The van der Waals surface area contributed by atoms with Crippen LogP contribution >= 0.6 is 0 Å². The quantitative estimate of drug-likeness (QED) is 0.0267. The minimum Gasteiger partial charge on any atom is -0.462 e. The van der Waals surface area contributed by atoms with Crippen molar-refractivity contribution in [2.24, 2.45) is 0 Å². The van der Waals surface area contributed by atoms with Gasteiger partial charge in [-0.2, -0.15) is 0 Å². The summed E-state index contributed by atoms with van der Waals surface area (Å²) in [4.78, 5) is 37.6. The molecule has 0 N–H and O–H groups in total. The molecule has 0 rings (SSSR count). The van der Waals surface area contributed by atoms with E-state index >= 15 is 0 Å². The Kier molecular flexibility index (Phi) is 42.0. The Morgan fingerprint density at radius 1 is 0.364 bits per heavy atom. The average Bonchev–Trinajstić information content (AvgIpc) is 3.18. The van der Waals surface area contributed by atoms with Crippen LogP contribution in [-0.2, 0) is 28.6 Å². The Morgan fingerprint density at radius 2 is 0.673 bits per heavy atom. The standard InChI is InChI=1S/C49H86O6/c1-4-7-10-13-16-18-20-21-22-23-24-25-26-27-29-30-33-36-39-42-48(51)54-45-46(44-53-47(50)41-38-35-32-15-12-9-6-3)55-49(52)43-40-37-34-31-28-19-17-14-11-8-5-2/h14,16-18,21-22,24-25,46H,4-13,15,19-20,23,26-45H2,1-3H3/b17-14-,18-16-,22-21-,25-24-. The van der Waals surface area contributed by atoms with Crippen LogP contribution in [0.1, 0.15) is 226 Å². The summed E-state index contributed by atoms with van der Waals surface area (Å²) in [6.07, 6.45) is 51.0. The molecule has 6 heteroatoms. The van der Waals surface area contributed by atoms with Crippen molar-refractivity contribution in [3.8, 4) is 0 Å². The van der Waals surface area contributed by atoms with E-state index in [1.54, 1.807) is 0 Å². The molecule has 0 fully saturated rings. The molecule has 0 amide bonds. The maximum Gasteiger partial charge on any atom is 0.306 e. The highest BCUT2D eigenvalue weighted by atomic mass is 16.6. The first kappa shape index (κ1) is 52.4. The Hall–Kier alpha value is -2.63. The number of esters is 3. The van der Waals surface area contributed by atoms with Crippen molar-refractivity contribution in [2.45, 2.75) is 232 Å². The number of unbranched alkanes of at least 4 members (excludes halogenated alkanes) is 22. The monoisotopic (exact) mass is 771 g/mol. The van der Waals surface area contributed by atoms with Crippen LogP contribution in [0.3, 0.4) is 0 Å². The highest BCUT2D eigenvalue weighted by Gasteiger charge is 2.19. The number of allylic oxidation sites excluding steroid dienone is 8. The molecule has 318 valence electrons. The van der Waals surface area contributed by atoms with Gasteiger partial charge in [0, 0.05) is 19.3 Å². The van der Waals surface area contributed by atoms with Crippen LogP contribution in [0.2, 0.25) is 0 Å². The van der Waals surface area contributed by atoms with Gasteiger partial charge in [0.05, 0.1) is 0 Å². The zero-order chi connectivity index (χ0) is 40.1. The summed E-state index contributed by atoms with van der Waals surface area (Å²) in [6.45, 7) is 6.50. The van der Waals surface area contributed by atoms with E-state index in [4.69, 9.17) is 14.2 Å². The van der Waals surface area contributed by atoms with Gasteiger partial charge in [-0.1, -0.05) is 179 Å². The Labute approximate surface area is 339 Å². The maximum atomic E-state index is 12.7. The van der Waals surface area contributed by atoms with Crippen molar-refractivity contribution in [3.05, 3.63) is 48.6 Å². The van der Waals surface area contributed by atoms with Gasteiger partial charge in [-0.15, -0.1) is 0 Å². The number of ether oxygens (including phenoxy) is 3. The molecule has 0 aromatic carbocycles. The van der Waals surface area contributed by atoms with E-state index in [0.29, 0.717) is 19.3 Å². The lowest BCUT2D eigenvalue weighted by Gasteiger charge is -2.18. The summed E-state index contributed by atoms with van der Waals surface area (Å²) in [6, 6.07) is 0. The van der Waals surface area contributed by atoms with Crippen molar-refractivity contribution in [3.63, 3.8) is 0 Å². The molecular weight excluding hydrogens is 685 g/mol. The van der Waals surface area contributed by atoms with E-state index in [1.807, 2.05) is 0 Å². The van der Waals surface area contributed by atoms with E-state index in [-0.39, 0.29) is 31.1 Å². The third-order valence-electron chi connectivity index (χ3n) is 9.81. The van der Waals surface area contributed by atoms with Crippen LogP contribution in [-0.4, -0.2) is 37.2 Å². The van der Waals surface area contributed by atoms with Gasteiger partial charge >= 0.3 is 17.9 Å². The Morgan fingerprint density at radius 3 is 1.13 bits per heavy atom. The van der Waals surface area contributed by atoms with Crippen LogP contribution in [0.4, 0.5) is 0 Å². The van der Waals surface area contributed by atoms with Gasteiger partial charge in [0.1, 0.15) is 13.2 Å². The molecule has 0 aromatic heterocycles. The van der Waals surface area contributed by atoms with Gasteiger partial charge in [-0.25, -0.2) is 0 Å². The van der Waals surface area contributed by atoms with E-state index in [0.717, 1.165) is 89.9 Å². The van der Waals surface area contributed by atoms with E-state index in [9.17, 15) is 14.4 Å².